The Labute approximate surface area is 160 Å². The van der Waals surface area contributed by atoms with Crippen LogP contribution in [0.3, 0.4) is 0 Å². The molecule has 0 bridgehead atoms. The van der Waals surface area contributed by atoms with Gasteiger partial charge >= 0.3 is 0 Å². The standard InChI is InChI=1S/C17H24N4O3S.ClH/c1-12-2-8-15(9-3-12)21-25(22,23)11-16-19-17(20-24-16)14-6-4-13(10-18)5-7-14;/h4-7,12,15,21H,2-3,8-11,18H2,1H3;1H. The number of nitrogens with one attached hydrogen (secondary N) is 1. The first kappa shape index (κ1) is 20.8. The summed E-state index contributed by atoms with van der Waals surface area (Å²) in [6.45, 7) is 2.66. The predicted octanol–water partition coefficient (Wildman–Crippen LogP) is 2.62. The average molecular weight is 401 g/mol. The first-order chi connectivity index (χ1) is 11.9. The van der Waals surface area contributed by atoms with Crippen molar-refractivity contribution < 1.29 is 12.9 Å². The van der Waals surface area contributed by atoms with Crippen LogP contribution >= 0.6 is 12.4 Å². The Kier molecular flexibility index (Phi) is 7.16. The molecule has 1 fully saturated rings. The molecule has 1 saturated carbocycles. The summed E-state index contributed by atoms with van der Waals surface area (Å²) >= 11 is 0. The van der Waals surface area contributed by atoms with E-state index in [-0.39, 0.29) is 30.1 Å². The van der Waals surface area contributed by atoms with Crippen LogP contribution in [0.2, 0.25) is 0 Å². The summed E-state index contributed by atoms with van der Waals surface area (Å²) in [5.41, 5.74) is 7.34. The molecular weight excluding hydrogens is 376 g/mol. The minimum atomic E-state index is -3.49. The van der Waals surface area contributed by atoms with E-state index in [0.717, 1.165) is 36.8 Å². The zero-order valence-corrected chi connectivity index (χ0v) is 16.4. The quantitative estimate of drug-likeness (QED) is 0.770. The summed E-state index contributed by atoms with van der Waals surface area (Å²) in [7, 11) is -3.49. The SMILES string of the molecule is CC1CCC(NS(=O)(=O)Cc2nc(-c3ccc(CN)cc3)no2)CC1.Cl. The van der Waals surface area contributed by atoms with Crippen molar-refractivity contribution in [2.45, 2.75) is 50.9 Å². The maximum atomic E-state index is 12.3. The molecule has 26 heavy (non-hydrogen) atoms. The Bertz CT molecular complexity index is 800. The highest BCUT2D eigenvalue weighted by Crippen LogP contribution is 2.24. The minimum absolute atomic E-state index is 0. The number of halogens is 1. The van der Waals surface area contributed by atoms with Gasteiger partial charge < -0.3 is 10.3 Å². The predicted molar refractivity (Wildman–Crippen MR) is 102 cm³/mol. The maximum absolute atomic E-state index is 12.3. The number of nitrogens with two attached hydrogens (primary N) is 1. The second-order valence-electron chi connectivity index (χ2n) is 6.75. The van der Waals surface area contributed by atoms with Gasteiger partial charge in [0, 0.05) is 18.2 Å². The molecule has 1 aliphatic carbocycles. The molecule has 0 unspecified atom stereocenters. The van der Waals surface area contributed by atoms with Crippen LogP contribution in [0.1, 0.15) is 44.1 Å². The van der Waals surface area contributed by atoms with Crippen LogP contribution in [0.15, 0.2) is 28.8 Å². The third-order valence-electron chi connectivity index (χ3n) is 4.59. The molecule has 3 N–H and O–H groups in total. The van der Waals surface area contributed by atoms with E-state index in [9.17, 15) is 8.42 Å². The Morgan fingerprint density at radius 2 is 1.85 bits per heavy atom. The van der Waals surface area contributed by atoms with Crippen molar-refractivity contribution in [1.29, 1.82) is 0 Å². The van der Waals surface area contributed by atoms with E-state index in [1.165, 1.54) is 0 Å². The summed E-state index contributed by atoms with van der Waals surface area (Å²) in [6.07, 6.45) is 3.86. The maximum Gasteiger partial charge on any atom is 0.243 e. The fraction of sp³-hybridized carbons (Fsp3) is 0.529. The van der Waals surface area contributed by atoms with Crippen LogP contribution in [-0.2, 0) is 22.3 Å². The van der Waals surface area contributed by atoms with E-state index < -0.39 is 10.0 Å². The van der Waals surface area contributed by atoms with Crippen molar-refractivity contribution in [2.75, 3.05) is 0 Å². The lowest BCUT2D eigenvalue weighted by atomic mass is 9.88. The lowest BCUT2D eigenvalue weighted by Crippen LogP contribution is -2.38. The Balaban J connectivity index is 0.00000243. The fourth-order valence-corrected chi connectivity index (χ4v) is 4.33. The van der Waals surface area contributed by atoms with Crippen molar-refractivity contribution in [2.24, 2.45) is 11.7 Å². The Hall–Kier alpha value is -1.48. The van der Waals surface area contributed by atoms with Crippen molar-refractivity contribution in [1.82, 2.24) is 14.9 Å². The number of benzene rings is 1. The second-order valence-corrected chi connectivity index (χ2v) is 8.50. The fourth-order valence-electron chi connectivity index (χ4n) is 3.06. The van der Waals surface area contributed by atoms with Gasteiger partial charge in [0.05, 0.1) is 0 Å². The zero-order chi connectivity index (χ0) is 17.9. The van der Waals surface area contributed by atoms with Crippen LogP contribution in [0.25, 0.3) is 11.4 Å². The number of hydrogen-bond donors (Lipinski definition) is 2. The number of nitrogens with zero attached hydrogens (tertiary/aromatic N) is 2. The second kappa shape index (κ2) is 8.94. The largest absolute Gasteiger partial charge is 0.338 e. The van der Waals surface area contributed by atoms with Gasteiger partial charge in [-0.2, -0.15) is 4.98 Å². The molecular formula is C17H25ClN4O3S. The molecule has 2 aromatic rings. The average Bonchev–Trinajstić information content (AvgIpc) is 3.04. The van der Waals surface area contributed by atoms with E-state index in [1.807, 2.05) is 24.3 Å². The highest BCUT2D eigenvalue weighted by Gasteiger charge is 2.25. The third kappa shape index (κ3) is 5.51. The van der Waals surface area contributed by atoms with Crippen LogP contribution in [0.4, 0.5) is 0 Å². The van der Waals surface area contributed by atoms with Crippen LogP contribution in [0.5, 0.6) is 0 Å². The van der Waals surface area contributed by atoms with Crippen molar-refractivity contribution in [3.8, 4) is 11.4 Å². The molecule has 144 valence electrons. The van der Waals surface area contributed by atoms with Crippen molar-refractivity contribution in [3.63, 3.8) is 0 Å². The van der Waals surface area contributed by atoms with Gasteiger partial charge in [-0.15, -0.1) is 12.4 Å². The first-order valence-corrected chi connectivity index (χ1v) is 10.2. The van der Waals surface area contributed by atoms with E-state index in [0.29, 0.717) is 18.3 Å². The van der Waals surface area contributed by atoms with Crippen LogP contribution in [-0.4, -0.2) is 24.6 Å². The summed E-state index contributed by atoms with van der Waals surface area (Å²) in [4.78, 5) is 4.20. The van der Waals surface area contributed by atoms with Gasteiger partial charge in [0.15, 0.2) is 0 Å². The molecule has 0 saturated heterocycles. The summed E-state index contributed by atoms with van der Waals surface area (Å²) in [5.74, 6) is 0.840. The summed E-state index contributed by atoms with van der Waals surface area (Å²) in [5, 5.41) is 3.87. The van der Waals surface area contributed by atoms with E-state index >= 15 is 0 Å². The molecule has 0 amide bonds. The van der Waals surface area contributed by atoms with E-state index in [2.05, 4.69) is 21.8 Å². The summed E-state index contributed by atoms with van der Waals surface area (Å²) < 4.78 is 32.5. The minimum Gasteiger partial charge on any atom is -0.338 e. The molecule has 1 aliphatic rings. The van der Waals surface area contributed by atoms with E-state index in [1.54, 1.807) is 0 Å². The molecule has 9 heteroatoms. The van der Waals surface area contributed by atoms with Gasteiger partial charge in [0.2, 0.25) is 21.7 Å². The topological polar surface area (TPSA) is 111 Å². The number of hydrogen-bond acceptors (Lipinski definition) is 6. The molecule has 3 rings (SSSR count). The highest BCUT2D eigenvalue weighted by atomic mass is 35.5. The van der Waals surface area contributed by atoms with Gasteiger partial charge in [-0.3, -0.25) is 0 Å². The van der Waals surface area contributed by atoms with Crippen LogP contribution in [0, 0.1) is 5.92 Å². The molecule has 1 aromatic carbocycles. The Morgan fingerprint density at radius 3 is 2.46 bits per heavy atom. The number of sulfonamides is 1. The molecule has 0 atom stereocenters. The van der Waals surface area contributed by atoms with Gasteiger partial charge in [-0.25, -0.2) is 13.1 Å². The zero-order valence-electron chi connectivity index (χ0n) is 14.7. The lowest BCUT2D eigenvalue weighted by molar-refractivity contribution is 0.331. The molecule has 7 nitrogen and oxygen atoms in total. The number of aromatic nitrogens is 2. The highest BCUT2D eigenvalue weighted by molar-refractivity contribution is 7.88. The molecule has 1 heterocycles. The van der Waals surface area contributed by atoms with E-state index in [4.69, 9.17) is 10.3 Å². The molecule has 0 spiro atoms. The normalized spacial score (nSPS) is 20.5. The first-order valence-electron chi connectivity index (χ1n) is 8.57. The van der Waals surface area contributed by atoms with Gasteiger partial charge in [-0.05, 0) is 37.2 Å². The molecule has 1 aromatic heterocycles. The van der Waals surface area contributed by atoms with Crippen molar-refractivity contribution >= 4 is 22.4 Å². The van der Waals surface area contributed by atoms with Gasteiger partial charge in [0.1, 0.15) is 5.75 Å². The number of rotatable bonds is 6. The van der Waals surface area contributed by atoms with Crippen molar-refractivity contribution in [3.05, 3.63) is 35.7 Å². The Morgan fingerprint density at radius 1 is 1.19 bits per heavy atom. The van der Waals surface area contributed by atoms with Gasteiger partial charge in [-0.1, -0.05) is 36.3 Å². The third-order valence-corrected chi connectivity index (χ3v) is 5.91. The molecule has 0 radical (unpaired) electrons. The lowest BCUT2D eigenvalue weighted by Gasteiger charge is -2.26. The van der Waals surface area contributed by atoms with Crippen LogP contribution < -0.4 is 10.5 Å². The molecule has 0 aliphatic heterocycles. The summed E-state index contributed by atoms with van der Waals surface area (Å²) in [6, 6.07) is 7.45. The van der Waals surface area contributed by atoms with Gasteiger partial charge in [0.25, 0.3) is 0 Å². The monoisotopic (exact) mass is 400 g/mol. The smallest absolute Gasteiger partial charge is 0.243 e.